The molecule has 0 saturated carbocycles. The number of carbonyl (C=O) groups is 1. The highest BCUT2D eigenvalue weighted by molar-refractivity contribution is 8.26. The van der Waals surface area contributed by atoms with Crippen LogP contribution < -0.4 is 10.9 Å². The maximum atomic E-state index is 13.2. The van der Waals surface area contributed by atoms with Gasteiger partial charge in [0.1, 0.15) is 15.8 Å². The Morgan fingerprint density at radius 1 is 1.29 bits per heavy atom. The summed E-state index contributed by atoms with van der Waals surface area (Å²) in [5.41, 5.74) is 1.70. The second kappa shape index (κ2) is 8.87. The van der Waals surface area contributed by atoms with Crippen LogP contribution in [0.2, 0.25) is 0 Å². The lowest BCUT2D eigenvalue weighted by Crippen LogP contribution is -2.29. The van der Waals surface area contributed by atoms with Crippen LogP contribution in [0.4, 0.5) is 5.82 Å². The molecule has 28 heavy (non-hydrogen) atoms. The third-order valence-corrected chi connectivity index (χ3v) is 5.89. The van der Waals surface area contributed by atoms with Crippen molar-refractivity contribution in [2.75, 3.05) is 18.4 Å². The Morgan fingerprint density at radius 2 is 2.07 bits per heavy atom. The van der Waals surface area contributed by atoms with E-state index in [0.29, 0.717) is 39.3 Å². The summed E-state index contributed by atoms with van der Waals surface area (Å²) in [4.78, 5) is 32.7. The summed E-state index contributed by atoms with van der Waals surface area (Å²) < 4.78 is 2.06. The van der Waals surface area contributed by atoms with Crippen LogP contribution in [0.15, 0.2) is 28.0 Å². The quantitative estimate of drug-likeness (QED) is 0.547. The average molecular weight is 417 g/mol. The molecule has 1 aliphatic heterocycles. The maximum Gasteiger partial charge on any atom is 0.267 e. The van der Waals surface area contributed by atoms with Gasteiger partial charge in [0.05, 0.1) is 10.5 Å². The standard InChI is InChI=1S/C20H24N4O2S2/c1-4-6-10-24-19(26)15(28-20(24)27)12-14-16(21-9-5-2)22-17-13(3)8-7-11-23(17)18(14)25/h7-8,11-12,21H,4-6,9-10H2,1-3H3/b15-12+. The number of aromatic nitrogens is 2. The summed E-state index contributed by atoms with van der Waals surface area (Å²) in [5.74, 6) is 0.360. The number of nitrogens with zero attached hydrogens (tertiary/aromatic N) is 3. The van der Waals surface area contributed by atoms with Gasteiger partial charge in [-0.2, -0.15) is 0 Å². The summed E-state index contributed by atoms with van der Waals surface area (Å²) in [6.45, 7) is 7.33. The van der Waals surface area contributed by atoms with E-state index in [1.807, 2.05) is 26.0 Å². The lowest BCUT2D eigenvalue weighted by molar-refractivity contribution is -0.122. The fourth-order valence-electron chi connectivity index (χ4n) is 2.96. The number of aryl methyl sites for hydroxylation is 1. The third kappa shape index (κ3) is 3.98. The highest BCUT2D eigenvalue weighted by Gasteiger charge is 2.32. The first-order valence-electron chi connectivity index (χ1n) is 9.49. The van der Waals surface area contributed by atoms with Gasteiger partial charge >= 0.3 is 0 Å². The van der Waals surface area contributed by atoms with E-state index < -0.39 is 0 Å². The average Bonchev–Trinajstić information content (AvgIpc) is 2.94. The third-order valence-electron chi connectivity index (χ3n) is 4.51. The van der Waals surface area contributed by atoms with E-state index in [1.165, 1.54) is 16.2 Å². The molecular formula is C20H24N4O2S2. The Labute approximate surface area is 174 Å². The number of carbonyl (C=O) groups excluding carboxylic acids is 1. The molecule has 1 fully saturated rings. The number of hydrogen-bond donors (Lipinski definition) is 1. The molecule has 3 rings (SSSR count). The Balaban J connectivity index is 2.10. The van der Waals surface area contributed by atoms with E-state index in [9.17, 15) is 9.59 Å². The molecule has 1 amide bonds. The van der Waals surface area contributed by atoms with Gasteiger partial charge in [-0.3, -0.25) is 18.9 Å². The van der Waals surface area contributed by atoms with E-state index >= 15 is 0 Å². The molecule has 1 N–H and O–H groups in total. The number of nitrogens with one attached hydrogen (secondary N) is 1. The smallest absolute Gasteiger partial charge is 0.267 e. The van der Waals surface area contributed by atoms with Crippen molar-refractivity contribution >= 4 is 51.7 Å². The molecule has 0 unspecified atom stereocenters. The molecule has 0 atom stereocenters. The first kappa shape index (κ1) is 20.5. The second-order valence-electron chi connectivity index (χ2n) is 6.68. The predicted octanol–water partition coefficient (Wildman–Crippen LogP) is 3.83. The second-order valence-corrected chi connectivity index (χ2v) is 8.35. The van der Waals surface area contributed by atoms with Crippen LogP contribution in [0.1, 0.15) is 44.2 Å². The molecule has 0 aliphatic carbocycles. The minimum Gasteiger partial charge on any atom is -0.369 e. The van der Waals surface area contributed by atoms with Crippen molar-refractivity contribution in [3.05, 3.63) is 44.7 Å². The van der Waals surface area contributed by atoms with Gasteiger partial charge in [-0.15, -0.1) is 0 Å². The molecule has 2 aromatic rings. The Bertz CT molecular complexity index is 1010. The lowest BCUT2D eigenvalue weighted by atomic mass is 10.2. The lowest BCUT2D eigenvalue weighted by Gasteiger charge is -2.13. The van der Waals surface area contributed by atoms with Crippen LogP contribution in [0.3, 0.4) is 0 Å². The zero-order valence-corrected chi connectivity index (χ0v) is 18.0. The number of unbranched alkanes of at least 4 members (excludes halogenated alkanes) is 1. The highest BCUT2D eigenvalue weighted by Crippen LogP contribution is 2.33. The number of thiocarbonyl (C=S) groups is 1. The van der Waals surface area contributed by atoms with Gasteiger partial charge in [0.2, 0.25) is 0 Å². The number of fused-ring (bicyclic) bond motifs is 1. The molecule has 0 bridgehead atoms. The summed E-state index contributed by atoms with van der Waals surface area (Å²) >= 11 is 6.61. The zero-order chi connectivity index (χ0) is 20.3. The maximum absolute atomic E-state index is 13.2. The summed E-state index contributed by atoms with van der Waals surface area (Å²) in [7, 11) is 0. The minimum atomic E-state index is -0.203. The number of amides is 1. The van der Waals surface area contributed by atoms with Crippen molar-refractivity contribution in [3.8, 4) is 0 Å². The summed E-state index contributed by atoms with van der Waals surface area (Å²) in [6, 6.07) is 3.74. The molecule has 6 nitrogen and oxygen atoms in total. The first-order valence-corrected chi connectivity index (χ1v) is 10.7. The number of hydrogen-bond acceptors (Lipinski definition) is 6. The fraction of sp³-hybridized carbons (Fsp3) is 0.400. The Hall–Kier alpha value is -2.19. The number of anilines is 1. The van der Waals surface area contributed by atoms with Crippen molar-refractivity contribution in [1.82, 2.24) is 14.3 Å². The van der Waals surface area contributed by atoms with E-state index in [1.54, 1.807) is 17.2 Å². The normalized spacial score (nSPS) is 15.8. The topological polar surface area (TPSA) is 66.7 Å². The molecule has 3 heterocycles. The number of rotatable bonds is 7. The fourth-order valence-corrected chi connectivity index (χ4v) is 4.25. The molecule has 148 valence electrons. The molecule has 2 aromatic heterocycles. The first-order chi connectivity index (χ1) is 13.5. The zero-order valence-electron chi connectivity index (χ0n) is 16.3. The Morgan fingerprint density at radius 3 is 2.79 bits per heavy atom. The van der Waals surface area contributed by atoms with E-state index in [2.05, 4.69) is 17.2 Å². The van der Waals surface area contributed by atoms with Gasteiger partial charge in [0.25, 0.3) is 11.5 Å². The Kier molecular flexibility index (Phi) is 6.51. The van der Waals surface area contributed by atoms with Gasteiger partial charge in [-0.25, -0.2) is 4.98 Å². The summed E-state index contributed by atoms with van der Waals surface area (Å²) in [6.07, 6.45) is 6.10. The van der Waals surface area contributed by atoms with Crippen LogP contribution in [0.25, 0.3) is 11.7 Å². The van der Waals surface area contributed by atoms with Crippen LogP contribution in [-0.2, 0) is 4.79 Å². The number of pyridine rings is 1. The van der Waals surface area contributed by atoms with E-state index in [0.717, 1.165) is 24.8 Å². The predicted molar refractivity (Wildman–Crippen MR) is 120 cm³/mol. The van der Waals surface area contributed by atoms with Gasteiger partial charge in [-0.05, 0) is 37.5 Å². The van der Waals surface area contributed by atoms with Crippen LogP contribution >= 0.6 is 24.0 Å². The monoisotopic (exact) mass is 416 g/mol. The van der Waals surface area contributed by atoms with Crippen molar-refractivity contribution in [1.29, 1.82) is 0 Å². The van der Waals surface area contributed by atoms with Gasteiger partial charge < -0.3 is 5.32 Å². The van der Waals surface area contributed by atoms with Crippen molar-refractivity contribution < 1.29 is 4.79 Å². The summed E-state index contributed by atoms with van der Waals surface area (Å²) in [5, 5.41) is 3.23. The molecule has 8 heteroatoms. The molecule has 1 saturated heterocycles. The van der Waals surface area contributed by atoms with Gasteiger partial charge in [0, 0.05) is 19.3 Å². The van der Waals surface area contributed by atoms with Gasteiger partial charge in [-0.1, -0.05) is 50.3 Å². The van der Waals surface area contributed by atoms with Crippen molar-refractivity contribution in [2.45, 2.75) is 40.0 Å². The van der Waals surface area contributed by atoms with Crippen molar-refractivity contribution in [2.24, 2.45) is 0 Å². The number of thioether (sulfide) groups is 1. The van der Waals surface area contributed by atoms with E-state index in [4.69, 9.17) is 12.2 Å². The van der Waals surface area contributed by atoms with Crippen molar-refractivity contribution in [3.63, 3.8) is 0 Å². The SMILES string of the molecule is CCCCN1C(=O)/C(=C\c2c(NCCC)nc3c(C)cccn3c2=O)SC1=S. The van der Waals surface area contributed by atoms with Gasteiger partial charge in [0.15, 0.2) is 0 Å². The van der Waals surface area contributed by atoms with E-state index in [-0.39, 0.29) is 11.5 Å². The minimum absolute atomic E-state index is 0.140. The van der Waals surface area contributed by atoms with Crippen LogP contribution in [-0.4, -0.2) is 37.6 Å². The molecule has 0 spiro atoms. The van der Waals surface area contributed by atoms with Crippen LogP contribution in [0, 0.1) is 6.92 Å². The molecule has 0 aromatic carbocycles. The highest BCUT2D eigenvalue weighted by atomic mass is 32.2. The largest absolute Gasteiger partial charge is 0.369 e. The molecule has 1 aliphatic rings. The molecule has 0 radical (unpaired) electrons. The van der Waals surface area contributed by atoms with Crippen LogP contribution in [0.5, 0.6) is 0 Å². The molecular weight excluding hydrogens is 392 g/mol.